The molecule has 8 heteroatoms. The number of aromatic nitrogens is 3. The summed E-state index contributed by atoms with van der Waals surface area (Å²) in [4.78, 5) is 15.3. The van der Waals surface area contributed by atoms with Crippen LogP contribution in [0, 0.1) is 6.92 Å². The molecule has 1 aromatic heterocycles. The van der Waals surface area contributed by atoms with Crippen LogP contribution >= 0.6 is 11.8 Å². The highest BCUT2D eigenvalue weighted by Gasteiger charge is 2.25. The summed E-state index contributed by atoms with van der Waals surface area (Å²) in [7, 11) is 0. The van der Waals surface area contributed by atoms with Gasteiger partial charge in [-0.05, 0) is 43.0 Å². The number of carbonyl (C=O) groups excluding carboxylic acids is 1. The number of nitrogens with one attached hydrogen (secondary N) is 1. The lowest BCUT2D eigenvalue weighted by atomic mass is 10.0. The normalized spacial score (nSPS) is 15.0. The van der Waals surface area contributed by atoms with Crippen LogP contribution in [0.15, 0.2) is 53.7 Å². The highest BCUT2D eigenvalue weighted by atomic mass is 32.2. The zero-order valence-electron chi connectivity index (χ0n) is 19.6. The molecule has 1 fully saturated rings. The van der Waals surface area contributed by atoms with Gasteiger partial charge in [-0.3, -0.25) is 9.36 Å². The molecule has 2 heterocycles. The molecule has 7 nitrogen and oxygen atoms in total. The minimum Gasteiger partial charge on any atom is -0.378 e. The van der Waals surface area contributed by atoms with Crippen molar-refractivity contribution in [1.82, 2.24) is 14.8 Å². The molecule has 0 radical (unpaired) electrons. The number of nitrogens with zero attached hydrogens (tertiary/aromatic N) is 4. The molecule has 3 aromatic rings. The van der Waals surface area contributed by atoms with Crippen LogP contribution in [0.3, 0.4) is 0 Å². The second kappa shape index (κ2) is 10.4. The number of rotatable bonds is 7. The predicted octanol–water partition coefficient (Wildman–Crippen LogP) is 4.66. The molecule has 174 valence electrons. The molecule has 1 N–H and O–H groups in total. The standard InChI is InChI=1S/C25H31N5O2S/c1-17(2)20-10-6-7-11-21(20)26-23(31)19(4)33-25-28-27-24(29-13-15-32-16-14-29)30(25)22-12-8-5-9-18(22)3/h5-12,17,19H,13-16H2,1-4H3,(H,26,31). The number of thioether (sulfide) groups is 1. The monoisotopic (exact) mass is 465 g/mol. The Morgan fingerprint density at radius 1 is 1.03 bits per heavy atom. The van der Waals surface area contributed by atoms with E-state index >= 15 is 0 Å². The van der Waals surface area contributed by atoms with Gasteiger partial charge in [-0.2, -0.15) is 0 Å². The SMILES string of the molecule is Cc1ccccc1-n1c(SC(C)C(=O)Nc2ccccc2C(C)C)nnc1N1CCOCC1. The molecule has 0 saturated carbocycles. The average molecular weight is 466 g/mol. The Morgan fingerprint density at radius 2 is 1.73 bits per heavy atom. The van der Waals surface area contributed by atoms with Gasteiger partial charge >= 0.3 is 0 Å². The minimum absolute atomic E-state index is 0.0552. The minimum atomic E-state index is -0.352. The van der Waals surface area contributed by atoms with E-state index in [0.29, 0.717) is 24.3 Å². The molecular formula is C25H31N5O2S. The van der Waals surface area contributed by atoms with Crippen molar-refractivity contribution in [3.63, 3.8) is 0 Å². The summed E-state index contributed by atoms with van der Waals surface area (Å²) in [5, 5.41) is 12.5. The van der Waals surface area contributed by atoms with Crippen molar-refractivity contribution in [1.29, 1.82) is 0 Å². The number of morpholine rings is 1. The molecule has 4 rings (SSSR count). The summed E-state index contributed by atoms with van der Waals surface area (Å²) in [5.74, 6) is 1.05. The van der Waals surface area contributed by atoms with Crippen LogP contribution < -0.4 is 10.2 Å². The van der Waals surface area contributed by atoms with E-state index in [4.69, 9.17) is 4.74 Å². The average Bonchev–Trinajstić information content (AvgIpc) is 3.23. The number of benzene rings is 2. The molecule has 1 atom stereocenters. The largest absolute Gasteiger partial charge is 0.378 e. The van der Waals surface area contributed by atoms with E-state index in [1.54, 1.807) is 0 Å². The number of anilines is 2. The maximum Gasteiger partial charge on any atom is 0.237 e. The summed E-state index contributed by atoms with van der Waals surface area (Å²) in [6, 6.07) is 16.1. The lowest BCUT2D eigenvalue weighted by Crippen LogP contribution is -2.38. The van der Waals surface area contributed by atoms with Crippen molar-refractivity contribution >= 4 is 29.3 Å². The van der Waals surface area contributed by atoms with Gasteiger partial charge in [0.05, 0.1) is 24.2 Å². The maximum atomic E-state index is 13.1. The van der Waals surface area contributed by atoms with Crippen molar-refractivity contribution in [2.45, 2.75) is 44.0 Å². The van der Waals surface area contributed by atoms with Gasteiger partial charge in [-0.25, -0.2) is 0 Å². The Bertz CT molecular complexity index is 1110. The first-order chi connectivity index (χ1) is 16.0. The first kappa shape index (κ1) is 23.3. The van der Waals surface area contributed by atoms with Crippen LogP contribution in [0.5, 0.6) is 0 Å². The molecule has 1 aliphatic rings. The highest BCUT2D eigenvalue weighted by molar-refractivity contribution is 8.00. The second-order valence-electron chi connectivity index (χ2n) is 8.50. The van der Waals surface area contributed by atoms with Gasteiger partial charge in [-0.1, -0.05) is 62.0 Å². The summed E-state index contributed by atoms with van der Waals surface area (Å²) < 4.78 is 7.59. The van der Waals surface area contributed by atoms with Gasteiger partial charge in [0, 0.05) is 18.8 Å². The third-order valence-corrected chi connectivity index (χ3v) is 6.80. The zero-order valence-corrected chi connectivity index (χ0v) is 20.4. The molecule has 1 amide bonds. The highest BCUT2D eigenvalue weighted by Crippen LogP contribution is 2.32. The number of para-hydroxylation sites is 2. The van der Waals surface area contributed by atoms with Crippen molar-refractivity contribution in [3.8, 4) is 5.69 Å². The van der Waals surface area contributed by atoms with Crippen molar-refractivity contribution in [2.75, 3.05) is 36.5 Å². The van der Waals surface area contributed by atoms with Gasteiger partial charge in [0.25, 0.3) is 0 Å². The first-order valence-electron chi connectivity index (χ1n) is 11.4. The number of carbonyl (C=O) groups is 1. The van der Waals surface area contributed by atoms with Crippen LogP contribution in [0.2, 0.25) is 0 Å². The molecule has 1 saturated heterocycles. The smallest absolute Gasteiger partial charge is 0.237 e. The summed E-state index contributed by atoms with van der Waals surface area (Å²) >= 11 is 1.42. The fraction of sp³-hybridized carbons (Fsp3) is 0.400. The van der Waals surface area contributed by atoms with Crippen LogP contribution in [0.25, 0.3) is 5.69 Å². The quantitative estimate of drug-likeness (QED) is 0.512. The van der Waals surface area contributed by atoms with Gasteiger partial charge in [0.1, 0.15) is 0 Å². The number of aryl methyl sites for hydroxylation is 1. The summed E-state index contributed by atoms with van der Waals surface area (Å²) in [6.45, 7) is 11.1. The molecule has 2 aromatic carbocycles. The van der Waals surface area contributed by atoms with Crippen molar-refractivity contribution in [2.24, 2.45) is 0 Å². The van der Waals surface area contributed by atoms with Gasteiger partial charge in [0.2, 0.25) is 11.9 Å². The number of hydrogen-bond donors (Lipinski definition) is 1. The molecule has 1 aliphatic heterocycles. The van der Waals surface area contributed by atoms with E-state index in [9.17, 15) is 4.79 Å². The Labute approximate surface area is 199 Å². The summed E-state index contributed by atoms with van der Waals surface area (Å²) in [6.07, 6.45) is 0. The van der Waals surface area contributed by atoms with Crippen LogP contribution in [0.1, 0.15) is 37.8 Å². The zero-order chi connectivity index (χ0) is 23.4. The lowest BCUT2D eigenvalue weighted by molar-refractivity contribution is -0.115. The molecular weight excluding hydrogens is 434 g/mol. The van der Waals surface area contributed by atoms with Crippen LogP contribution in [-0.2, 0) is 9.53 Å². The Balaban J connectivity index is 1.60. The Hall–Kier alpha value is -2.84. The fourth-order valence-corrected chi connectivity index (χ4v) is 4.75. The van der Waals surface area contributed by atoms with E-state index in [2.05, 4.69) is 64.0 Å². The topological polar surface area (TPSA) is 72.3 Å². The van der Waals surface area contributed by atoms with E-state index in [-0.39, 0.29) is 11.2 Å². The molecule has 0 aliphatic carbocycles. The van der Waals surface area contributed by atoms with E-state index in [1.807, 2.05) is 37.3 Å². The van der Waals surface area contributed by atoms with E-state index in [0.717, 1.165) is 41.5 Å². The van der Waals surface area contributed by atoms with Crippen molar-refractivity contribution < 1.29 is 9.53 Å². The maximum absolute atomic E-state index is 13.1. The number of ether oxygens (including phenoxy) is 1. The van der Waals surface area contributed by atoms with E-state index < -0.39 is 0 Å². The van der Waals surface area contributed by atoms with Gasteiger partial charge < -0.3 is 15.0 Å². The molecule has 1 unspecified atom stereocenters. The number of amides is 1. The van der Waals surface area contributed by atoms with Gasteiger partial charge in [-0.15, -0.1) is 10.2 Å². The first-order valence-corrected chi connectivity index (χ1v) is 12.2. The van der Waals surface area contributed by atoms with Crippen LogP contribution in [0.4, 0.5) is 11.6 Å². The molecule has 0 bridgehead atoms. The second-order valence-corrected chi connectivity index (χ2v) is 9.80. The van der Waals surface area contributed by atoms with E-state index in [1.165, 1.54) is 11.8 Å². The van der Waals surface area contributed by atoms with Gasteiger partial charge in [0.15, 0.2) is 5.16 Å². The number of hydrogen-bond acceptors (Lipinski definition) is 6. The Morgan fingerprint density at radius 3 is 2.45 bits per heavy atom. The molecule has 33 heavy (non-hydrogen) atoms. The predicted molar refractivity (Wildman–Crippen MR) is 134 cm³/mol. The third kappa shape index (κ3) is 5.23. The van der Waals surface area contributed by atoms with Crippen LogP contribution in [-0.4, -0.2) is 52.2 Å². The summed E-state index contributed by atoms with van der Waals surface area (Å²) in [5.41, 5.74) is 4.13. The van der Waals surface area contributed by atoms with Crippen molar-refractivity contribution in [3.05, 3.63) is 59.7 Å². The fourth-order valence-electron chi connectivity index (χ4n) is 3.89. The third-order valence-electron chi connectivity index (χ3n) is 5.76. The lowest BCUT2D eigenvalue weighted by Gasteiger charge is -2.28. The molecule has 0 spiro atoms. The Kier molecular flexibility index (Phi) is 7.35.